The largest absolute Gasteiger partial charge is 0.387 e. The van der Waals surface area contributed by atoms with Crippen LogP contribution >= 0.6 is 0 Å². The number of pyridine rings is 1. The predicted octanol–water partition coefficient (Wildman–Crippen LogP) is 2.91. The van der Waals surface area contributed by atoms with Gasteiger partial charge in [0.05, 0.1) is 12.6 Å². The van der Waals surface area contributed by atoms with Gasteiger partial charge in [-0.2, -0.15) is 4.98 Å². The summed E-state index contributed by atoms with van der Waals surface area (Å²) in [7, 11) is 1.92. The highest BCUT2D eigenvalue weighted by atomic mass is 16.5. The molecule has 3 rings (SSSR count). The number of aliphatic hydroxyl groups is 1. The van der Waals surface area contributed by atoms with E-state index < -0.39 is 6.10 Å². The van der Waals surface area contributed by atoms with E-state index in [2.05, 4.69) is 21.2 Å². The standard InChI is InChI=1S/C19H22N4O2/c1-13-7-14(2)9-16(8-13)17(24)11-23(3)12-18-21-19(22-25-18)15-5-4-6-20-10-15/h4-10,17,24H,11-12H2,1-3H3. The Morgan fingerprint density at radius 1 is 1.20 bits per heavy atom. The fraction of sp³-hybridized carbons (Fsp3) is 0.316. The lowest BCUT2D eigenvalue weighted by Gasteiger charge is -2.19. The molecule has 0 amide bonds. The van der Waals surface area contributed by atoms with E-state index in [1.54, 1.807) is 12.4 Å². The van der Waals surface area contributed by atoms with Crippen LogP contribution in [0.25, 0.3) is 11.4 Å². The molecule has 6 heteroatoms. The summed E-state index contributed by atoms with van der Waals surface area (Å²) in [5.74, 6) is 1.03. The molecule has 6 nitrogen and oxygen atoms in total. The number of hydrogen-bond donors (Lipinski definition) is 1. The molecule has 25 heavy (non-hydrogen) atoms. The van der Waals surface area contributed by atoms with Gasteiger partial charge in [0, 0.05) is 24.5 Å². The van der Waals surface area contributed by atoms with E-state index in [1.165, 1.54) is 0 Å². The molecule has 0 saturated heterocycles. The predicted molar refractivity (Wildman–Crippen MR) is 94.7 cm³/mol. The average molecular weight is 338 g/mol. The first-order valence-corrected chi connectivity index (χ1v) is 8.19. The molecular formula is C19H22N4O2. The fourth-order valence-corrected chi connectivity index (χ4v) is 2.83. The van der Waals surface area contributed by atoms with E-state index in [4.69, 9.17) is 4.52 Å². The van der Waals surface area contributed by atoms with Crippen LogP contribution in [0.15, 0.2) is 47.2 Å². The minimum atomic E-state index is -0.565. The number of rotatable bonds is 6. The second kappa shape index (κ2) is 7.55. The van der Waals surface area contributed by atoms with Gasteiger partial charge in [0.1, 0.15) is 0 Å². The maximum atomic E-state index is 10.5. The summed E-state index contributed by atoms with van der Waals surface area (Å²) < 4.78 is 5.30. The Bertz CT molecular complexity index is 812. The van der Waals surface area contributed by atoms with Crippen molar-refractivity contribution < 1.29 is 9.63 Å². The molecule has 1 N–H and O–H groups in total. The normalized spacial score (nSPS) is 12.5. The van der Waals surface area contributed by atoms with Gasteiger partial charge in [-0.3, -0.25) is 9.88 Å². The van der Waals surface area contributed by atoms with Crippen LogP contribution < -0.4 is 0 Å². The van der Waals surface area contributed by atoms with Gasteiger partial charge in [0.15, 0.2) is 0 Å². The third kappa shape index (κ3) is 4.49. The lowest BCUT2D eigenvalue weighted by Crippen LogP contribution is -2.24. The minimum Gasteiger partial charge on any atom is -0.387 e. The molecule has 0 spiro atoms. The lowest BCUT2D eigenvalue weighted by atomic mass is 10.0. The molecule has 1 aromatic carbocycles. The molecule has 130 valence electrons. The van der Waals surface area contributed by atoms with Crippen molar-refractivity contribution in [3.8, 4) is 11.4 Å². The first-order valence-electron chi connectivity index (χ1n) is 8.19. The third-order valence-electron chi connectivity index (χ3n) is 3.91. The van der Waals surface area contributed by atoms with Gasteiger partial charge in [-0.25, -0.2) is 0 Å². The van der Waals surface area contributed by atoms with Gasteiger partial charge in [-0.05, 0) is 38.6 Å². The Balaban J connectivity index is 1.62. The van der Waals surface area contributed by atoms with E-state index >= 15 is 0 Å². The number of aliphatic hydroxyl groups excluding tert-OH is 1. The molecule has 0 aliphatic rings. The van der Waals surface area contributed by atoms with Crippen LogP contribution in [0.2, 0.25) is 0 Å². The van der Waals surface area contributed by atoms with Crippen molar-refractivity contribution in [1.82, 2.24) is 20.0 Å². The number of nitrogens with zero attached hydrogens (tertiary/aromatic N) is 4. The molecule has 0 saturated carbocycles. The van der Waals surface area contributed by atoms with Crippen molar-refractivity contribution in [1.29, 1.82) is 0 Å². The molecular weight excluding hydrogens is 316 g/mol. The van der Waals surface area contributed by atoms with Gasteiger partial charge >= 0.3 is 0 Å². The Morgan fingerprint density at radius 3 is 2.64 bits per heavy atom. The maximum absolute atomic E-state index is 10.5. The maximum Gasteiger partial charge on any atom is 0.241 e. The summed E-state index contributed by atoms with van der Waals surface area (Å²) in [6.07, 6.45) is 2.83. The number of likely N-dealkylation sites (N-methyl/N-ethyl adjacent to an activating group) is 1. The van der Waals surface area contributed by atoms with Crippen LogP contribution in [-0.4, -0.2) is 38.7 Å². The smallest absolute Gasteiger partial charge is 0.241 e. The highest BCUT2D eigenvalue weighted by Gasteiger charge is 2.15. The number of benzene rings is 1. The zero-order valence-electron chi connectivity index (χ0n) is 14.7. The Morgan fingerprint density at radius 2 is 1.96 bits per heavy atom. The Kier molecular flexibility index (Phi) is 5.21. The van der Waals surface area contributed by atoms with Crippen molar-refractivity contribution >= 4 is 0 Å². The number of aromatic nitrogens is 3. The molecule has 0 fully saturated rings. The van der Waals surface area contributed by atoms with Gasteiger partial charge in [-0.1, -0.05) is 34.5 Å². The molecule has 0 aliphatic carbocycles. The molecule has 2 heterocycles. The zero-order valence-corrected chi connectivity index (χ0v) is 14.7. The van der Waals surface area contributed by atoms with Crippen LogP contribution in [-0.2, 0) is 6.54 Å². The first kappa shape index (κ1) is 17.3. The third-order valence-corrected chi connectivity index (χ3v) is 3.91. The topological polar surface area (TPSA) is 75.3 Å². The number of hydrogen-bond acceptors (Lipinski definition) is 6. The van der Waals surface area contributed by atoms with Crippen LogP contribution in [0.3, 0.4) is 0 Å². The molecule has 2 aromatic heterocycles. The molecule has 1 unspecified atom stereocenters. The summed E-state index contributed by atoms with van der Waals surface area (Å²) in [6.45, 7) is 5.01. The lowest BCUT2D eigenvalue weighted by molar-refractivity contribution is 0.117. The Hall–Kier alpha value is -2.57. The van der Waals surface area contributed by atoms with Crippen LogP contribution in [0.4, 0.5) is 0 Å². The fourth-order valence-electron chi connectivity index (χ4n) is 2.83. The molecule has 0 bridgehead atoms. The SMILES string of the molecule is Cc1cc(C)cc(C(O)CN(C)Cc2nc(-c3cccnc3)no2)c1. The van der Waals surface area contributed by atoms with Crippen molar-refractivity contribution in [3.05, 3.63) is 65.3 Å². The second-order valence-electron chi connectivity index (χ2n) is 6.39. The van der Waals surface area contributed by atoms with Gasteiger partial charge in [0.25, 0.3) is 0 Å². The first-order chi connectivity index (χ1) is 12.0. The molecule has 0 radical (unpaired) electrons. The summed E-state index contributed by atoms with van der Waals surface area (Å²) in [5.41, 5.74) is 4.03. The molecule has 1 atom stereocenters. The van der Waals surface area contributed by atoms with Gasteiger partial charge in [-0.15, -0.1) is 0 Å². The van der Waals surface area contributed by atoms with E-state index in [0.717, 1.165) is 22.3 Å². The van der Waals surface area contributed by atoms with Crippen LogP contribution in [0, 0.1) is 13.8 Å². The highest BCUT2D eigenvalue weighted by molar-refractivity contribution is 5.51. The van der Waals surface area contributed by atoms with Crippen molar-refractivity contribution in [2.24, 2.45) is 0 Å². The van der Waals surface area contributed by atoms with Gasteiger partial charge < -0.3 is 9.63 Å². The minimum absolute atomic E-state index is 0.467. The monoisotopic (exact) mass is 338 g/mol. The van der Waals surface area contributed by atoms with Crippen molar-refractivity contribution in [2.45, 2.75) is 26.5 Å². The molecule has 3 aromatic rings. The van der Waals surface area contributed by atoms with Crippen LogP contribution in [0.1, 0.15) is 28.7 Å². The van der Waals surface area contributed by atoms with Crippen LogP contribution in [0.5, 0.6) is 0 Å². The van der Waals surface area contributed by atoms with E-state index in [9.17, 15) is 5.11 Å². The van der Waals surface area contributed by atoms with Crippen molar-refractivity contribution in [3.63, 3.8) is 0 Å². The summed E-state index contributed by atoms with van der Waals surface area (Å²) in [5, 5.41) is 14.5. The molecule has 0 aliphatic heterocycles. The zero-order chi connectivity index (χ0) is 17.8. The highest BCUT2D eigenvalue weighted by Crippen LogP contribution is 2.19. The van der Waals surface area contributed by atoms with E-state index in [1.807, 2.05) is 50.1 Å². The van der Waals surface area contributed by atoms with Crippen molar-refractivity contribution in [2.75, 3.05) is 13.6 Å². The quantitative estimate of drug-likeness (QED) is 0.745. The summed E-state index contributed by atoms with van der Waals surface area (Å²) in [6, 6.07) is 9.84. The summed E-state index contributed by atoms with van der Waals surface area (Å²) >= 11 is 0. The second-order valence-corrected chi connectivity index (χ2v) is 6.39. The summed E-state index contributed by atoms with van der Waals surface area (Å²) in [4.78, 5) is 10.4. The number of aryl methyl sites for hydroxylation is 2. The van der Waals surface area contributed by atoms with Gasteiger partial charge in [0.2, 0.25) is 11.7 Å². The Labute approximate surface area is 147 Å². The average Bonchev–Trinajstić information content (AvgIpc) is 3.03. The van der Waals surface area contributed by atoms with E-state index in [0.29, 0.717) is 24.8 Å². The van der Waals surface area contributed by atoms with E-state index in [-0.39, 0.29) is 0 Å².